The smallest absolute Gasteiger partial charge is 0.329 e. The molecule has 0 unspecified atom stereocenters. The van der Waals surface area contributed by atoms with Gasteiger partial charge in [0.15, 0.2) is 0 Å². The van der Waals surface area contributed by atoms with Crippen LogP contribution in [0.2, 0.25) is 0 Å². The predicted molar refractivity (Wildman–Crippen MR) is 58.2 cm³/mol. The Morgan fingerprint density at radius 1 is 1.67 bits per heavy atom. The Bertz CT molecular complexity index is 275. The lowest BCUT2D eigenvalue weighted by molar-refractivity contribution is -0.163. The number of hydrogen-bond donors (Lipinski definition) is 1. The molecule has 0 aliphatic carbocycles. The van der Waals surface area contributed by atoms with Crippen molar-refractivity contribution in [1.29, 1.82) is 0 Å². The van der Waals surface area contributed by atoms with E-state index in [1.165, 1.54) is 5.54 Å². The number of aliphatic carboxylic acids is 1. The van der Waals surface area contributed by atoms with Crippen molar-refractivity contribution in [3.05, 3.63) is 10.6 Å². The molecular formula is C9H13Cl2NO3. The number of hydrogen-bond acceptors (Lipinski definition) is 3. The van der Waals surface area contributed by atoms with E-state index in [0.29, 0.717) is 24.7 Å². The standard InChI is InChI=1S/C9H13Cl2NO3/c1-9(15-4-8(13)14)5-12(6-9)3-7(11)2-10/h2H,3-6H2,1H3,(H,13,14). The van der Waals surface area contributed by atoms with E-state index in [-0.39, 0.29) is 12.2 Å². The van der Waals surface area contributed by atoms with Crippen molar-refractivity contribution in [2.24, 2.45) is 0 Å². The molecule has 0 atom stereocenters. The van der Waals surface area contributed by atoms with Crippen LogP contribution >= 0.6 is 23.2 Å². The van der Waals surface area contributed by atoms with Crippen LogP contribution in [0.3, 0.4) is 0 Å². The van der Waals surface area contributed by atoms with Gasteiger partial charge >= 0.3 is 5.97 Å². The summed E-state index contributed by atoms with van der Waals surface area (Å²) >= 11 is 11.2. The second-order valence-corrected chi connectivity index (χ2v) is 4.54. The molecule has 0 saturated carbocycles. The molecule has 0 bridgehead atoms. The van der Waals surface area contributed by atoms with Gasteiger partial charge in [-0.25, -0.2) is 4.79 Å². The van der Waals surface area contributed by atoms with Crippen molar-refractivity contribution < 1.29 is 14.6 Å². The summed E-state index contributed by atoms with van der Waals surface area (Å²) in [7, 11) is 0. The zero-order chi connectivity index (χ0) is 11.5. The number of halogens is 2. The highest BCUT2D eigenvalue weighted by Gasteiger charge is 2.40. The number of nitrogens with zero attached hydrogens (tertiary/aromatic N) is 1. The lowest BCUT2D eigenvalue weighted by Crippen LogP contribution is -2.61. The molecule has 4 nitrogen and oxygen atoms in total. The molecule has 1 aliphatic rings. The van der Waals surface area contributed by atoms with Crippen LogP contribution < -0.4 is 0 Å². The fourth-order valence-corrected chi connectivity index (χ4v) is 1.82. The first-order valence-electron chi connectivity index (χ1n) is 4.48. The molecule has 1 saturated heterocycles. The zero-order valence-corrected chi connectivity index (χ0v) is 9.88. The Hall–Kier alpha value is -0.290. The SMILES string of the molecule is CC1(OCC(=O)O)CN(CC(Cl)=CCl)C1. The van der Waals surface area contributed by atoms with Gasteiger partial charge in [-0.3, -0.25) is 4.90 Å². The average Bonchev–Trinajstić information content (AvgIpc) is 2.12. The van der Waals surface area contributed by atoms with E-state index >= 15 is 0 Å². The molecule has 0 aromatic heterocycles. The van der Waals surface area contributed by atoms with Gasteiger partial charge in [-0.1, -0.05) is 23.2 Å². The van der Waals surface area contributed by atoms with Gasteiger partial charge in [0.1, 0.15) is 6.61 Å². The third-order valence-electron chi connectivity index (χ3n) is 2.15. The summed E-state index contributed by atoms with van der Waals surface area (Å²) in [6, 6.07) is 0. The molecule has 0 amide bonds. The summed E-state index contributed by atoms with van der Waals surface area (Å²) in [5, 5.41) is 9.03. The maximum atomic E-state index is 10.3. The first-order valence-corrected chi connectivity index (χ1v) is 5.29. The topological polar surface area (TPSA) is 49.8 Å². The van der Waals surface area contributed by atoms with Crippen molar-refractivity contribution in [2.75, 3.05) is 26.2 Å². The fraction of sp³-hybridized carbons (Fsp3) is 0.667. The zero-order valence-electron chi connectivity index (χ0n) is 8.37. The van der Waals surface area contributed by atoms with Gasteiger partial charge in [-0.2, -0.15) is 0 Å². The fourth-order valence-electron chi connectivity index (χ4n) is 1.59. The van der Waals surface area contributed by atoms with Crippen LogP contribution in [-0.4, -0.2) is 47.8 Å². The van der Waals surface area contributed by atoms with Crippen molar-refractivity contribution in [2.45, 2.75) is 12.5 Å². The first-order chi connectivity index (χ1) is 6.95. The molecule has 1 fully saturated rings. The minimum absolute atomic E-state index is 0.260. The Labute approximate surface area is 98.4 Å². The van der Waals surface area contributed by atoms with Crippen molar-refractivity contribution >= 4 is 29.2 Å². The van der Waals surface area contributed by atoms with Crippen molar-refractivity contribution in [1.82, 2.24) is 4.90 Å². The first kappa shape index (κ1) is 12.8. The van der Waals surface area contributed by atoms with Gasteiger partial charge in [0.2, 0.25) is 0 Å². The molecule has 86 valence electrons. The molecule has 1 heterocycles. The Morgan fingerprint density at radius 3 is 2.73 bits per heavy atom. The highest BCUT2D eigenvalue weighted by atomic mass is 35.5. The van der Waals surface area contributed by atoms with Gasteiger partial charge in [-0.05, 0) is 6.92 Å². The van der Waals surface area contributed by atoms with Gasteiger partial charge in [0.25, 0.3) is 0 Å². The molecular weight excluding hydrogens is 241 g/mol. The summed E-state index contributed by atoms with van der Waals surface area (Å²) < 4.78 is 5.24. The van der Waals surface area contributed by atoms with Crippen LogP contribution in [-0.2, 0) is 9.53 Å². The maximum Gasteiger partial charge on any atom is 0.329 e. The molecule has 0 radical (unpaired) electrons. The average molecular weight is 254 g/mol. The van der Waals surface area contributed by atoms with Crippen LogP contribution in [0.4, 0.5) is 0 Å². The number of likely N-dealkylation sites (tertiary alicyclic amines) is 1. The Morgan fingerprint density at radius 2 is 2.27 bits per heavy atom. The normalized spacial score (nSPS) is 21.1. The van der Waals surface area contributed by atoms with Crippen LogP contribution in [0.25, 0.3) is 0 Å². The lowest BCUT2D eigenvalue weighted by Gasteiger charge is -2.47. The summed E-state index contributed by atoms with van der Waals surface area (Å²) in [6.07, 6.45) is 0. The van der Waals surface area contributed by atoms with Gasteiger partial charge in [0.05, 0.1) is 5.60 Å². The number of rotatable bonds is 5. The summed E-state index contributed by atoms with van der Waals surface area (Å²) in [6.45, 7) is 3.54. The van der Waals surface area contributed by atoms with Crippen LogP contribution in [0.5, 0.6) is 0 Å². The number of carboxylic acids is 1. The van der Waals surface area contributed by atoms with E-state index < -0.39 is 5.97 Å². The monoisotopic (exact) mass is 253 g/mol. The third kappa shape index (κ3) is 3.99. The molecule has 1 aliphatic heterocycles. The van der Waals surface area contributed by atoms with Gasteiger partial charge in [-0.15, -0.1) is 0 Å². The lowest BCUT2D eigenvalue weighted by atomic mass is 9.96. The van der Waals surface area contributed by atoms with E-state index in [9.17, 15) is 4.79 Å². The second-order valence-electron chi connectivity index (χ2n) is 3.83. The number of ether oxygens (including phenoxy) is 1. The number of carboxylic acid groups (broad SMARTS) is 1. The van der Waals surface area contributed by atoms with E-state index in [4.69, 9.17) is 33.0 Å². The van der Waals surface area contributed by atoms with Crippen molar-refractivity contribution in [3.8, 4) is 0 Å². The highest BCUT2D eigenvalue weighted by molar-refractivity contribution is 6.36. The number of carbonyl (C=O) groups is 1. The van der Waals surface area contributed by atoms with E-state index in [0.717, 1.165) is 0 Å². The van der Waals surface area contributed by atoms with Crippen LogP contribution in [0, 0.1) is 0 Å². The van der Waals surface area contributed by atoms with Crippen LogP contribution in [0.15, 0.2) is 10.6 Å². The van der Waals surface area contributed by atoms with Gasteiger partial charge in [0, 0.05) is 30.2 Å². The minimum atomic E-state index is -0.951. The molecule has 0 aromatic carbocycles. The summed E-state index contributed by atoms with van der Waals surface area (Å²) in [5.74, 6) is -0.951. The minimum Gasteiger partial charge on any atom is -0.480 e. The molecule has 1 rings (SSSR count). The van der Waals surface area contributed by atoms with E-state index in [1.54, 1.807) is 0 Å². The second kappa shape index (κ2) is 5.16. The van der Waals surface area contributed by atoms with E-state index in [1.807, 2.05) is 11.8 Å². The Kier molecular flexibility index (Phi) is 4.40. The largest absolute Gasteiger partial charge is 0.480 e. The van der Waals surface area contributed by atoms with E-state index in [2.05, 4.69) is 0 Å². The summed E-state index contributed by atoms with van der Waals surface area (Å²) in [5.41, 5.74) is 0.956. The molecule has 6 heteroatoms. The van der Waals surface area contributed by atoms with Gasteiger partial charge < -0.3 is 9.84 Å². The van der Waals surface area contributed by atoms with Crippen LogP contribution in [0.1, 0.15) is 6.92 Å². The third-order valence-corrected chi connectivity index (χ3v) is 2.76. The maximum absolute atomic E-state index is 10.3. The quantitative estimate of drug-likeness (QED) is 0.807. The highest BCUT2D eigenvalue weighted by Crippen LogP contribution is 2.25. The Balaban J connectivity index is 2.25. The molecule has 1 N–H and O–H groups in total. The van der Waals surface area contributed by atoms with Crippen molar-refractivity contribution in [3.63, 3.8) is 0 Å². The molecule has 15 heavy (non-hydrogen) atoms. The predicted octanol–water partition coefficient (Wildman–Crippen LogP) is 1.48. The summed E-state index contributed by atoms with van der Waals surface area (Å²) in [4.78, 5) is 12.3. The molecule has 0 spiro atoms. The molecule has 0 aromatic rings.